The number of likely N-dealkylation sites (N-methyl/N-ethyl adjacent to an activating group) is 1. The molecule has 2 fully saturated rings. The predicted octanol–water partition coefficient (Wildman–Crippen LogP) is 0.794. The van der Waals surface area contributed by atoms with Crippen molar-refractivity contribution in [3.63, 3.8) is 0 Å². The molecule has 2 aliphatic rings. The molecular weight excluding hydrogens is 513 g/mol. The number of Topliss-reactive ketones (excluding diaryl/α,β-unsaturated/α-hetero) is 1. The van der Waals surface area contributed by atoms with E-state index in [1.165, 1.54) is 0 Å². The first-order valence-corrected chi connectivity index (χ1v) is 11.2. The van der Waals surface area contributed by atoms with E-state index in [2.05, 4.69) is 36.6 Å². The molecule has 4 rings (SSSR count). The number of quaternary nitrogens is 1. The topological polar surface area (TPSA) is 49.4 Å². The molecule has 6 heteroatoms. The van der Waals surface area contributed by atoms with Crippen LogP contribution in [0.25, 0.3) is 0 Å². The first-order valence-electron chi connectivity index (χ1n) is 11.2. The van der Waals surface area contributed by atoms with Gasteiger partial charge < -0.3 is 38.7 Å². The van der Waals surface area contributed by atoms with Gasteiger partial charge in [0.1, 0.15) is 12.1 Å². The van der Waals surface area contributed by atoms with Gasteiger partial charge in [0.15, 0.2) is 5.78 Å². The van der Waals surface area contributed by atoms with Crippen LogP contribution in [0.4, 0.5) is 4.79 Å². The van der Waals surface area contributed by atoms with E-state index in [9.17, 15) is 9.59 Å². The number of likely N-dealkylation sites (tertiary alicyclic amines) is 1. The molecule has 0 aliphatic carbocycles. The Labute approximate surface area is 208 Å². The maximum absolute atomic E-state index is 13.3. The first kappa shape index (κ1) is 24.7. The predicted molar refractivity (Wildman–Crippen MR) is 123 cm³/mol. The van der Waals surface area contributed by atoms with Gasteiger partial charge in [-0.25, -0.2) is 4.79 Å². The van der Waals surface area contributed by atoms with Gasteiger partial charge in [0, 0.05) is 11.8 Å². The number of hydrogen-bond donors (Lipinski definition) is 1. The van der Waals surface area contributed by atoms with Gasteiger partial charge in [-0.2, -0.15) is 0 Å². The highest BCUT2D eigenvalue weighted by Crippen LogP contribution is 2.37. The van der Waals surface area contributed by atoms with E-state index in [4.69, 9.17) is 0 Å². The summed E-state index contributed by atoms with van der Waals surface area (Å²) in [7, 11) is 2.15. The van der Waals surface area contributed by atoms with Crippen molar-refractivity contribution in [3.8, 4) is 0 Å². The van der Waals surface area contributed by atoms with Crippen LogP contribution >= 0.6 is 0 Å². The Bertz CT molecular complexity index is 919. The fourth-order valence-electron chi connectivity index (χ4n) is 4.99. The van der Waals surface area contributed by atoms with Gasteiger partial charge >= 0.3 is 6.03 Å². The molecule has 2 amide bonds. The second-order valence-corrected chi connectivity index (χ2v) is 10.5. The van der Waals surface area contributed by atoms with E-state index in [0.717, 1.165) is 30.6 Å². The lowest BCUT2D eigenvalue weighted by Crippen LogP contribution is -3.00. The summed E-state index contributed by atoms with van der Waals surface area (Å²) < 4.78 is 0.703. The van der Waals surface area contributed by atoms with Gasteiger partial charge in [0.2, 0.25) is 0 Å². The lowest BCUT2D eigenvalue weighted by Gasteiger charge is -2.33. The number of carbonyl (C=O) groups excluding carboxylic acids is 2. The maximum atomic E-state index is 13.3. The molecule has 2 aromatic rings. The smallest absolute Gasteiger partial charge is 0.319 e. The number of rotatable bonds is 5. The van der Waals surface area contributed by atoms with Crippen molar-refractivity contribution < 1.29 is 38.0 Å². The number of benzene rings is 2. The van der Waals surface area contributed by atoms with Crippen LogP contribution in [-0.4, -0.2) is 60.5 Å². The third-order valence-electron chi connectivity index (χ3n) is 6.98. The minimum atomic E-state index is -0.563. The molecule has 0 aromatic heterocycles. The summed E-state index contributed by atoms with van der Waals surface area (Å²) in [5, 5.41) is 3.33. The Kier molecular flexibility index (Phi) is 7.05. The normalized spacial score (nSPS) is 24.7. The van der Waals surface area contributed by atoms with Crippen LogP contribution in [0.2, 0.25) is 0 Å². The summed E-state index contributed by atoms with van der Waals surface area (Å²) in [6.45, 7) is 8.80. The standard InChI is InChI=1S/C26H33N3O2.HI/c1-25(2,3)23(30)18-29(4)16-15-22(17-29)28-19-26(27-24(28)31,20-11-7-5-8-12-20)21-13-9-6-10-14-21;/h5-14,22H,15-19H2,1-4H3;1H. The first-order chi connectivity index (χ1) is 14.6. The van der Waals surface area contributed by atoms with E-state index in [0.29, 0.717) is 17.6 Å². The lowest BCUT2D eigenvalue weighted by molar-refractivity contribution is -0.890. The molecule has 0 radical (unpaired) electrons. The lowest BCUT2D eigenvalue weighted by atomic mass is 9.83. The number of carbonyl (C=O) groups is 2. The number of nitrogens with zero attached hydrogens (tertiary/aromatic N) is 2. The van der Waals surface area contributed by atoms with Gasteiger partial charge in [0.05, 0.1) is 32.7 Å². The van der Waals surface area contributed by atoms with Crippen LogP contribution < -0.4 is 29.3 Å². The monoisotopic (exact) mass is 547 g/mol. The Morgan fingerprint density at radius 2 is 1.59 bits per heavy atom. The molecule has 2 atom stereocenters. The van der Waals surface area contributed by atoms with Crippen LogP contribution in [0.1, 0.15) is 38.3 Å². The molecule has 0 bridgehead atoms. The Balaban J connectivity index is 0.00000289. The van der Waals surface area contributed by atoms with E-state index in [1.807, 2.05) is 62.1 Å². The summed E-state index contributed by atoms with van der Waals surface area (Å²) >= 11 is 0. The average molecular weight is 547 g/mol. The maximum Gasteiger partial charge on any atom is 0.319 e. The Morgan fingerprint density at radius 3 is 2.09 bits per heavy atom. The molecule has 2 heterocycles. The second-order valence-electron chi connectivity index (χ2n) is 10.5. The zero-order valence-electron chi connectivity index (χ0n) is 19.5. The summed E-state index contributed by atoms with van der Waals surface area (Å²) in [5.41, 5.74) is 1.29. The molecule has 2 unspecified atom stereocenters. The van der Waals surface area contributed by atoms with E-state index >= 15 is 0 Å². The molecule has 5 nitrogen and oxygen atoms in total. The Hall–Kier alpha value is -1.93. The van der Waals surface area contributed by atoms with Crippen molar-refractivity contribution in [1.29, 1.82) is 0 Å². The van der Waals surface area contributed by atoms with Crippen LogP contribution in [0.3, 0.4) is 0 Å². The Morgan fingerprint density at radius 1 is 1.06 bits per heavy atom. The average Bonchev–Trinajstić information content (AvgIpc) is 3.29. The van der Waals surface area contributed by atoms with Crippen molar-refractivity contribution in [1.82, 2.24) is 10.2 Å². The third-order valence-corrected chi connectivity index (χ3v) is 6.98. The molecule has 1 N–H and O–H groups in total. The molecule has 32 heavy (non-hydrogen) atoms. The zero-order valence-corrected chi connectivity index (χ0v) is 21.6. The highest BCUT2D eigenvalue weighted by Gasteiger charge is 2.50. The van der Waals surface area contributed by atoms with Gasteiger partial charge in [-0.3, -0.25) is 4.79 Å². The summed E-state index contributed by atoms with van der Waals surface area (Å²) in [6.07, 6.45) is 0.918. The second kappa shape index (κ2) is 9.14. The number of ketones is 1. The van der Waals surface area contributed by atoms with Crippen LogP contribution in [-0.2, 0) is 10.3 Å². The molecular formula is C26H34IN3O2. The van der Waals surface area contributed by atoms with Gasteiger partial charge in [0.25, 0.3) is 0 Å². The molecule has 2 aliphatic heterocycles. The minimum Gasteiger partial charge on any atom is -1.00 e. The number of nitrogens with one attached hydrogen (secondary N) is 1. The van der Waals surface area contributed by atoms with Crippen molar-refractivity contribution >= 4 is 11.8 Å². The molecule has 172 valence electrons. The SMILES string of the molecule is CC(C)(C)C(=O)C[N+]1(C)CCC(N2CC(c3ccccc3)(c3ccccc3)NC2=O)C1.[I-]. The van der Waals surface area contributed by atoms with E-state index < -0.39 is 5.54 Å². The molecule has 2 aromatic carbocycles. The zero-order chi connectivity index (χ0) is 22.3. The third kappa shape index (κ3) is 4.71. The largest absolute Gasteiger partial charge is 1.00 e. The van der Waals surface area contributed by atoms with Crippen molar-refractivity contribution in [2.24, 2.45) is 5.41 Å². The summed E-state index contributed by atoms with van der Waals surface area (Å²) in [6, 6.07) is 20.6. The van der Waals surface area contributed by atoms with E-state index in [1.54, 1.807) is 0 Å². The quantitative estimate of drug-likeness (QED) is 0.445. The van der Waals surface area contributed by atoms with Crippen molar-refractivity contribution in [2.45, 2.75) is 38.8 Å². The fraction of sp³-hybridized carbons (Fsp3) is 0.462. The molecule has 0 saturated carbocycles. The molecule has 0 spiro atoms. The molecule has 2 saturated heterocycles. The van der Waals surface area contributed by atoms with Crippen molar-refractivity contribution in [2.75, 3.05) is 33.2 Å². The van der Waals surface area contributed by atoms with Crippen LogP contribution in [0.5, 0.6) is 0 Å². The van der Waals surface area contributed by atoms with Crippen molar-refractivity contribution in [3.05, 3.63) is 71.8 Å². The summed E-state index contributed by atoms with van der Waals surface area (Å²) in [5.74, 6) is 0.282. The van der Waals surface area contributed by atoms with Gasteiger partial charge in [-0.05, 0) is 11.1 Å². The number of urea groups is 1. The van der Waals surface area contributed by atoms with Gasteiger partial charge in [-0.15, -0.1) is 0 Å². The number of amides is 2. The summed E-state index contributed by atoms with van der Waals surface area (Å²) in [4.78, 5) is 27.9. The highest BCUT2D eigenvalue weighted by atomic mass is 127. The van der Waals surface area contributed by atoms with Crippen LogP contribution in [0.15, 0.2) is 60.7 Å². The van der Waals surface area contributed by atoms with E-state index in [-0.39, 0.29) is 47.2 Å². The van der Waals surface area contributed by atoms with Crippen LogP contribution in [0, 0.1) is 5.41 Å². The fourth-order valence-corrected chi connectivity index (χ4v) is 4.99. The minimum absolute atomic E-state index is 0. The number of halogens is 1. The number of hydrogen-bond acceptors (Lipinski definition) is 2. The van der Waals surface area contributed by atoms with Gasteiger partial charge in [-0.1, -0.05) is 81.4 Å². The highest BCUT2D eigenvalue weighted by molar-refractivity contribution is 5.84.